The van der Waals surface area contributed by atoms with E-state index in [9.17, 15) is 14.0 Å². The van der Waals surface area contributed by atoms with E-state index in [1.807, 2.05) is 0 Å². The molecular formula is C17H16Cl2FN3O2. The van der Waals surface area contributed by atoms with E-state index in [1.165, 1.54) is 23.1 Å². The summed E-state index contributed by atoms with van der Waals surface area (Å²) in [5.74, 6) is -1.11. The smallest absolute Gasteiger partial charge is 0.238 e. The van der Waals surface area contributed by atoms with Crippen molar-refractivity contribution in [1.82, 2.24) is 4.90 Å². The molecule has 0 spiro atoms. The summed E-state index contributed by atoms with van der Waals surface area (Å²) in [5, 5.41) is 6.03. The molecule has 0 aliphatic rings. The van der Waals surface area contributed by atoms with E-state index >= 15 is 0 Å². The van der Waals surface area contributed by atoms with E-state index in [4.69, 9.17) is 23.2 Å². The molecule has 0 saturated carbocycles. The Morgan fingerprint density at radius 1 is 0.960 bits per heavy atom. The lowest BCUT2D eigenvalue weighted by molar-refractivity contribution is -0.119. The molecule has 0 aromatic heterocycles. The van der Waals surface area contributed by atoms with Crippen molar-refractivity contribution in [2.45, 2.75) is 0 Å². The highest BCUT2D eigenvalue weighted by Gasteiger charge is 2.12. The first-order chi connectivity index (χ1) is 11.8. The van der Waals surface area contributed by atoms with Crippen LogP contribution in [0, 0.1) is 5.82 Å². The number of amides is 2. The van der Waals surface area contributed by atoms with E-state index < -0.39 is 5.82 Å². The molecule has 25 heavy (non-hydrogen) atoms. The summed E-state index contributed by atoms with van der Waals surface area (Å²) in [5.41, 5.74) is 0.830. The number of carbonyl (C=O) groups excluding carboxylic acids is 2. The molecule has 0 radical (unpaired) electrons. The zero-order valence-corrected chi connectivity index (χ0v) is 14.9. The highest BCUT2D eigenvalue weighted by molar-refractivity contribution is 6.35. The average molecular weight is 384 g/mol. The summed E-state index contributed by atoms with van der Waals surface area (Å²) in [4.78, 5) is 25.5. The molecule has 0 bridgehead atoms. The van der Waals surface area contributed by atoms with E-state index in [-0.39, 0.29) is 24.9 Å². The minimum absolute atomic E-state index is 0.0132. The van der Waals surface area contributed by atoms with Gasteiger partial charge in [0, 0.05) is 21.4 Å². The maximum Gasteiger partial charge on any atom is 0.238 e. The van der Waals surface area contributed by atoms with Crippen LogP contribution in [-0.4, -0.2) is 36.9 Å². The molecule has 0 aliphatic heterocycles. The van der Waals surface area contributed by atoms with Crippen LogP contribution in [0.1, 0.15) is 0 Å². The number of likely N-dealkylation sites (N-methyl/N-ethyl adjacent to an activating group) is 1. The van der Waals surface area contributed by atoms with Gasteiger partial charge in [0.2, 0.25) is 11.8 Å². The lowest BCUT2D eigenvalue weighted by atomic mass is 10.3. The van der Waals surface area contributed by atoms with Gasteiger partial charge in [-0.2, -0.15) is 0 Å². The molecule has 8 heteroatoms. The first kappa shape index (κ1) is 19.2. The third-order valence-corrected chi connectivity index (χ3v) is 3.52. The van der Waals surface area contributed by atoms with Crippen molar-refractivity contribution in [3.63, 3.8) is 0 Å². The van der Waals surface area contributed by atoms with Gasteiger partial charge < -0.3 is 10.6 Å². The molecule has 2 aromatic rings. The molecule has 132 valence electrons. The van der Waals surface area contributed by atoms with Gasteiger partial charge in [-0.25, -0.2) is 4.39 Å². The van der Waals surface area contributed by atoms with Gasteiger partial charge in [0.15, 0.2) is 0 Å². The Balaban J connectivity index is 1.83. The quantitative estimate of drug-likeness (QED) is 0.800. The molecule has 0 fully saturated rings. The van der Waals surface area contributed by atoms with Crippen LogP contribution in [0.25, 0.3) is 0 Å². The van der Waals surface area contributed by atoms with E-state index in [0.717, 1.165) is 0 Å². The first-order valence-electron chi connectivity index (χ1n) is 7.32. The highest BCUT2D eigenvalue weighted by Crippen LogP contribution is 2.22. The number of nitrogens with one attached hydrogen (secondary N) is 2. The van der Waals surface area contributed by atoms with Gasteiger partial charge in [0.1, 0.15) is 5.82 Å². The molecule has 2 aromatic carbocycles. The van der Waals surface area contributed by atoms with Crippen LogP contribution in [0.3, 0.4) is 0 Å². The minimum Gasteiger partial charge on any atom is -0.325 e. The van der Waals surface area contributed by atoms with Crippen LogP contribution in [-0.2, 0) is 9.59 Å². The van der Waals surface area contributed by atoms with Gasteiger partial charge >= 0.3 is 0 Å². The largest absolute Gasteiger partial charge is 0.325 e. The number of halogens is 3. The fraction of sp³-hybridized carbons (Fsp3) is 0.176. The molecule has 2 amide bonds. The maximum absolute atomic E-state index is 13.1. The third kappa shape index (κ3) is 6.70. The average Bonchev–Trinajstić information content (AvgIpc) is 2.45. The van der Waals surface area contributed by atoms with Crippen LogP contribution < -0.4 is 10.6 Å². The second-order valence-electron chi connectivity index (χ2n) is 5.44. The molecule has 2 N–H and O–H groups in total. The Hall–Kier alpha value is -2.15. The normalized spacial score (nSPS) is 10.6. The van der Waals surface area contributed by atoms with Crippen LogP contribution >= 0.6 is 23.2 Å². The summed E-state index contributed by atoms with van der Waals surface area (Å²) >= 11 is 11.7. The highest BCUT2D eigenvalue weighted by atomic mass is 35.5. The summed E-state index contributed by atoms with van der Waals surface area (Å²) in [6, 6.07) is 10.3. The van der Waals surface area contributed by atoms with Gasteiger partial charge in [-0.15, -0.1) is 0 Å². The monoisotopic (exact) mass is 383 g/mol. The summed E-state index contributed by atoms with van der Waals surface area (Å²) in [7, 11) is 1.62. The first-order valence-corrected chi connectivity index (χ1v) is 8.07. The number of hydrogen-bond donors (Lipinski definition) is 2. The molecular weight excluding hydrogens is 368 g/mol. The predicted molar refractivity (Wildman–Crippen MR) is 97.6 cm³/mol. The summed E-state index contributed by atoms with van der Waals surface area (Å²) in [6.45, 7) is -0.0407. The second-order valence-corrected chi connectivity index (χ2v) is 6.31. The van der Waals surface area contributed by atoms with Crippen LogP contribution in [0.2, 0.25) is 10.0 Å². The van der Waals surface area contributed by atoms with Gasteiger partial charge in [-0.1, -0.05) is 29.3 Å². The maximum atomic E-state index is 13.1. The van der Waals surface area contributed by atoms with E-state index in [1.54, 1.807) is 31.3 Å². The Labute approximate surface area is 154 Å². The van der Waals surface area contributed by atoms with Crippen molar-refractivity contribution in [3.8, 4) is 0 Å². The molecule has 2 rings (SSSR count). The van der Waals surface area contributed by atoms with E-state index in [2.05, 4.69) is 10.6 Å². The summed E-state index contributed by atoms with van der Waals surface area (Å²) in [6.07, 6.45) is 0. The van der Waals surface area contributed by atoms with Crippen molar-refractivity contribution in [3.05, 3.63) is 58.3 Å². The SMILES string of the molecule is CN(CC(=O)Nc1cccc(F)c1)CC(=O)Nc1cc(Cl)cc(Cl)c1. The van der Waals surface area contributed by atoms with Gasteiger partial charge in [0.05, 0.1) is 13.1 Å². The standard InChI is InChI=1S/C17H16Cl2FN3O2/c1-23(9-16(24)21-14-4-2-3-13(20)8-14)10-17(25)22-15-6-11(18)5-12(19)7-15/h2-8H,9-10H2,1H3,(H,21,24)(H,22,25). The Morgan fingerprint density at radius 3 is 2.08 bits per heavy atom. The second kappa shape index (κ2) is 8.80. The number of hydrogen-bond acceptors (Lipinski definition) is 3. The number of anilines is 2. The molecule has 0 saturated heterocycles. The fourth-order valence-corrected chi connectivity index (χ4v) is 2.67. The number of benzene rings is 2. The lowest BCUT2D eigenvalue weighted by Gasteiger charge is -2.16. The van der Waals surface area contributed by atoms with Crippen LogP contribution in [0.15, 0.2) is 42.5 Å². The lowest BCUT2D eigenvalue weighted by Crippen LogP contribution is -2.36. The number of rotatable bonds is 6. The predicted octanol–water partition coefficient (Wildman–Crippen LogP) is 3.64. The summed E-state index contributed by atoms with van der Waals surface area (Å²) < 4.78 is 13.1. The van der Waals surface area contributed by atoms with Crippen molar-refractivity contribution in [1.29, 1.82) is 0 Å². The third-order valence-electron chi connectivity index (χ3n) is 3.08. The van der Waals surface area contributed by atoms with Gasteiger partial charge in [-0.3, -0.25) is 14.5 Å². The van der Waals surface area contributed by atoms with Crippen LogP contribution in [0.4, 0.5) is 15.8 Å². The van der Waals surface area contributed by atoms with Gasteiger partial charge in [0.25, 0.3) is 0 Å². The van der Waals surface area contributed by atoms with Gasteiger partial charge in [-0.05, 0) is 43.4 Å². The van der Waals surface area contributed by atoms with Crippen LogP contribution in [0.5, 0.6) is 0 Å². The van der Waals surface area contributed by atoms with Crippen molar-refractivity contribution in [2.75, 3.05) is 30.8 Å². The zero-order chi connectivity index (χ0) is 18.4. The minimum atomic E-state index is -0.439. The Bertz CT molecular complexity index is 766. The number of nitrogens with zero attached hydrogens (tertiary/aromatic N) is 1. The van der Waals surface area contributed by atoms with Crippen molar-refractivity contribution in [2.24, 2.45) is 0 Å². The molecule has 0 heterocycles. The van der Waals surface area contributed by atoms with E-state index in [0.29, 0.717) is 21.4 Å². The molecule has 5 nitrogen and oxygen atoms in total. The Kier molecular flexibility index (Phi) is 6.75. The molecule has 0 aliphatic carbocycles. The fourth-order valence-electron chi connectivity index (χ4n) is 2.14. The number of carbonyl (C=O) groups is 2. The zero-order valence-electron chi connectivity index (χ0n) is 13.4. The van der Waals surface area contributed by atoms with Crippen molar-refractivity contribution < 1.29 is 14.0 Å². The molecule has 0 unspecified atom stereocenters. The topological polar surface area (TPSA) is 61.4 Å². The molecule has 0 atom stereocenters. The van der Waals surface area contributed by atoms with Crippen molar-refractivity contribution >= 4 is 46.4 Å². The Morgan fingerprint density at radius 2 is 1.52 bits per heavy atom.